The van der Waals surface area contributed by atoms with Crippen LogP contribution in [0.4, 0.5) is 11.4 Å². The minimum Gasteiger partial charge on any atom is -0.369 e. The van der Waals surface area contributed by atoms with Crippen LogP contribution in [0.1, 0.15) is 31.1 Å². The van der Waals surface area contributed by atoms with Gasteiger partial charge in [-0.05, 0) is 68.3 Å². The van der Waals surface area contributed by atoms with Crippen molar-refractivity contribution in [3.8, 4) is 11.1 Å². The Hall–Kier alpha value is -3.11. The summed E-state index contributed by atoms with van der Waals surface area (Å²) in [5.41, 5.74) is 5.16. The molecule has 0 aromatic heterocycles. The molecule has 1 aliphatic rings. The number of benzene rings is 3. The SMILES string of the molecule is CC(C)(C)N1CCN(c2ccc(C(=O)Nc3ccc(-c4ccccc4)cc3)cc2)CC1. The van der Waals surface area contributed by atoms with E-state index in [1.807, 2.05) is 54.6 Å². The average Bonchev–Trinajstić information content (AvgIpc) is 2.80. The second kappa shape index (κ2) is 8.94. The van der Waals surface area contributed by atoms with E-state index >= 15 is 0 Å². The van der Waals surface area contributed by atoms with Gasteiger partial charge in [0.15, 0.2) is 0 Å². The highest BCUT2D eigenvalue weighted by Gasteiger charge is 2.25. The molecule has 1 amide bonds. The van der Waals surface area contributed by atoms with Crippen molar-refractivity contribution in [1.82, 2.24) is 4.90 Å². The van der Waals surface area contributed by atoms with Gasteiger partial charge in [0.25, 0.3) is 5.91 Å². The van der Waals surface area contributed by atoms with Gasteiger partial charge in [-0.2, -0.15) is 0 Å². The molecule has 31 heavy (non-hydrogen) atoms. The number of carbonyl (C=O) groups excluding carboxylic acids is 1. The lowest BCUT2D eigenvalue weighted by atomic mass is 10.0. The van der Waals surface area contributed by atoms with Crippen LogP contribution in [0.2, 0.25) is 0 Å². The number of rotatable bonds is 4. The molecule has 1 saturated heterocycles. The van der Waals surface area contributed by atoms with Crippen LogP contribution in [0.3, 0.4) is 0 Å². The zero-order chi connectivity index (χ0) is 21.8. The number of amides is 1. The number of piperazine rings is 1. The van der Waals surface area contributed by atoms with Crippen molar-refractivity contribution in [1.29, 1.82) is 0 Å². The van der Waals surface area contributed by atoms with Crippen molar-refractivity contribution in [2.24, 2.45) is 0 Å². The fraction of sp³-hybridized carbons (Fsp3) is 0.296. The third-order valence-corrected chi connectivity index (χ3v) is 5.97. The van der Waals surface area contributed by atoms with Crippen LogP contribution in [0.15, 0.2) is 78.9 Å². The largest absolute Gasteiger partial charge is 0.369 e. The molecule has 1 N–H and O–H groups in total. The predicted octanol–water partition coefficient (Wildman–Crippen LogP) is 5.53. The fourth-order valence-electron chi connectivity index (χ4n) is 4.04. The van der Waals surface area contributed by atoms with Gasteiger partial charge in [0.1, 0.15) is 0 Å². The quantitative estimate of drug-likeness (QED) is 0.611. The lowest BCUT2D eigenvalue weighted by Gasteiger charge is -2.43. The van der Waals surface area contributed by atoms with E-state index in [0.717, 1.165) is 37.4 Å². The maximum atomic E-state index is 12.7. The van der Waals surface area contributed by atoms with Crippen LogP contribution in [0.25, 0.3) is 11.1 Å². The maximum absolute atomic E-state index is 12.7. The molecule has 0 unspecified atom stereocenters. The smallest absolute Gasteiger partial charge is 0.255 e. The molecular weight excluding hydrogens is 382 g/mol. The Bertz CT molecular complexity index is 997. The van der Waals surface area contributed by atoms with Crippen molar-refractivity contribution >= 4 is 17.3 Å². The lowest BCUT2D eigenvalue weighted by Crippen LogP contribution is -2.53. The Morgan fingerprint density at radius 3 is 1.90 bits per heavy atom. The number of nitrogens with one attached hydrogen (secondary N) is 1. The summed E-state index contributed by atoms with van der Waals surface area (Å²) in [7, 11) is 0. The van der Waals surface area contributed by atoms with Gasteiger partial charge >= 0.3 is 0 Å². The molecule has 4 heteroatoms. The summed E-state index contributed by atoms with van der Waals surface area (Å²) in [6, 6.07) is 26.1. The van der Waals surface area contributed by atoms with Crippen LogP contribution in [-0.2, 0) is 0 Å². The minimum absolute atomic E-state index is 0.0865. The Morgan fingerprint density at radius 2 is 1.32 bits per heavy atom. The average molecular weight is 414 g/mol. The zero-order valence-corrected chi connectivity index (χ0v) is 18.6. The third kappa shape index (κ3) is 5.15. The van der Waals surface area contributed by atoms with E-state index < -0.39 is 0 Å². The summed E-state index contributed by atoms with van der Waals surface area (Å²) in [5, 5.41) is 3.00. The standard InChI is InChI=1S/C27H31N3O/c1-27(2,3)30-19-17-29(18-20-30)25-15-11-23(12-16-25)26(31)28-24-13-9-22(10-14-24)21-7-5-4-6-8-21/h4-16H,17-20H2,1-3H3,(H,28,31). The Morgan fingerprint density at radius 1 is 0.742 bits per heavy atom. The van der Waals surface area contributed by atoms with Crippen LogP contribution in [0.5, 0.6) is 0 Å². The van der Waals surface area contributed by atoms with Crippen LogP contribution < -0.4 is 10.2 Å². The van der Waals surface area contributed by atoms with E-state index in [-0.39, 0.29) is 11.4 Å². The van der Waals surface area contributed by atoms with Gasteiger partial charge in [-0.15, -0.1) is 0 Å². The Kier molecular flexibility index (Phi) is 6.10. The van der Waals surface area contributed by atoms with Crippen LogP contribution in [-0.4, -0.2) is 42.5 Å². The summed E-state index contributed by atoms with van der Waals surface area (Å²) in [6.45, 7) is 10.9. The molecule has 1 heterocycles. The molecule has 0 aliphatic carbocycles. The van der Waals surface area contributed by atoms with Crippen molar-refractivity contribution in [2.45, 2.75) is 26.3 Å². The molecular formula is C27H31N3O. The minimum atomic E-state index is -0.0865. The summed E-state index contributed by atoms with van der Waals surface area (Å²) in [4.78, 5) is 17.6. The van der Waals surface area contributed by atoms with E-state index in [1.54, 1.807) is 0 Å². The van der Waals surface area contributed by atoms with E-state index in [2.05, 4.69) is 60.2 Å². The molecule has 0 atom stereocenters. The van der Waals surface area contributed by atoms with Crippen molar-refractivity contribution < 1.29 is 4.79 Å². The van der Waals surface area contributed by atoms with Gasteiger partial charge in [0, 0.05) is 48.7 Å². The molecule has 3 aromatic carbocycles. The molecule has 160 valence electrons. The number of nitrogens with zero attached hydrogens (tertiary/aromatic N) is 2. The van der Waals surface area contributed by atoms with Gasteiger partial charge in [-0.25, -0.2) is 0 Å². The Labute approximate surface area is 185 Å². The highest BCUT2D eigenvalue weighted by atomic mass is 16.1. The maximum Gasteiger partial charge on any atom is 0.255 e. The van der Waals surface area contributed by atoms with Crippen molar-refractivity contribution in [2.75, 3.05) is 36.4 Å². The molecule has 4 rings (SSSR count). The zero-order valence-electron chi connectivity index (χ0n) is 18.6. The fourth-order valence-corrected chi connectivity index (χ4v) is 4.04. The summed E-state index contributed by atoms with van der Waals surface area (Å²) in [5.74, 6) is -0.0865. The predicted molar refractivity (Wildman–Crippen MR) is 130 cm³/mol. The molecule has 0 radical (unpaired) electrons. The molecule has 0 spiro atoms. The first kappa shape index (κ1) is 21.1. The molecule has 4 nitrogen and oxygen atoms in total. The number of carbonyl (C=O) groups is 1. The van der Waals surface area contributed by atoms with E-state index in [0.29, 0.717) is 5.56 Å². The van der Waals surface area contributed by atoms with Gasteiger partial charge < -0.3 is 10.2 Å². The van der Waals surface area contributed by atoms with E-state index in [9.17, 15) is 4.79 Å². The topological polar surface area (TPSA) is 35.6 Å². The third-order valence-electron chi connectivity index (χ3n) is 5.97. The second-order valence-corrected chi connectivity index (χ2v) is 9.09. The highest BCUT2D eigenvalue weighted by molar-refractivity contribution is 6.04. The lowest BCUT2D eigenvalue weighted by molar-refractivity contribution is 0.102. The molecule has 0 bridgehead atoms. The van der Waals surface area contributed by atoms with Gasteiger partial charge in [0.05, 0.1) is 0 Å². The van der Waals surface area contributed by atoms with Gasteiger partial charge in [-0.3, -0.25) is 9.69 Å². The normalized spacial score (nSPS) is 15.0. The first-order valence-corrected chi connectivity index (χ1v) is 11.0. The second-order valence-electron chi connectivity index (χ2n) is 9.09. The van der Waals surface area contributed by atoms with E-state index in [4.69, 9.17) is 0 Å². The van der Waals surface area contributed by atoms with Crippen LogP contribution >= 0.6 is 0 Å². The van der Waals surface area contributed by atoms with E-state index in [1.165, 1.54) is 11.3 Å². The monoisotopic (exact) mass is 413 g/mol. The Balaban J connectivity index is 1.36. The molecule has 3 aromatic rings. The van der Waals surface area contributed by atoms with Crippen LogP contribution in [0, 0.1) is 0 Å². The first-order chi connectivity index (χ1) is 14.9. The highest BCUT2D eigenvalue weighted by Crippen LogP contribution is 2.23. The van der Waals surface area contributed by atoms with Gasteiger partial charge in [-0.1, -0.05) is 42.5 Å². The molecule has 0 saturated carbocycles. The number of hydrogen-bond acceptors (Lipinski definition) is 3. The molecule has 1 aliphatic heterocycles. The van der Waals surface area contributed by atoms with Gasteiger partial charge in [0.2, 0.25) is 0 Å². The summed E-state index contributed by atoms with van der Waals surface area (Å²) < 4.78 is 0. The molecule has 1 fully saturated rings. The number of anilines is 2. The van der Waals surface area contributed by atoms with Crippen molar-refractivity contribution in [3.63, 3.8) is 0 Å². The summed E-state index contributed by atoms with van der Waals surface area (Å²) in [6.07, 6.45) is 0. The first-order valence-electron chi connectivity index (χ1n) is 11.0. The summed E-state index contributed by atoms with van der Waals surface area (Å²) >= 11 is 0. The number of hydrogen-bond donors (Lipinski definition) is 1. The van der Waals surface area contributed by atoms with Crippen molar-refractivity contribution in [3.05, 3.63) is 84.4 Å².